The number of aromatic nitrogens is 4. The fraction of sp³-hybridized carbons (Fsp3) is 0.0714. The summed E-state index contributed by atoms with van der Waals surface area (Å²) in [7, 11) is 0. The Labute approximate surface area is 226 Å². The SMILES string of the molecule is N#C[C](C#N)c1ccc(C(C#N)(C#N)C(C#N)(C#N)c2ccc(C(=C=N)C#N)c3nccnc23)c2nccnc12. The van der Waals surface area contributed by atoms with Crippen molar-refractivity contribution < 1.29 is 0 Å². The highest BCUT2D eigenvalue weighted by Crippen LogP contribution is 2.47. The topological polar surface area (TPSA) is 242 Å². The zero-order valence-corrected chi connectivity index (χ0v) is 20.0. The van der Waals surface area contributed by atoms with Gasteiger partial charge in [-0.3, -0.25) is 25.3 Å². The molecule has 0 aliphatic carbocycles. The molecule has 0 saturated carbocycles. The van der Waals surface area contributed by atoms with Crippen LogP contribution in [0.1, 0.15) is 22.3 Å². The molecule has 4 rings (SSSR count). The number of nitrogens with one attached hydrogen (secondary N) is 1. The number of hydrogen-bond acceptors (Lipinski definition) is 12. The Kier molecular flexibility index (Phi) is 6.63. The van der Waals surface area contributed by atoms with Gasteiger partial charge < -0.3 is 0 Å². The van der Waals surface area contributed by atoms with E-state index in [9.17, 15) is 36.8 Å². The average Bonchev–Trinajstić information content (AvgIpc) is 3.02. The van der Waals surface area contributed by atoms with Gasteiger partial charge in [0.1, 0.15) is 11.6 Å². The Bertz CT molecular complexity index is 2030. The smallest absolute Gasteiger partial charge is 0.206 e. The van der Waals surface area contributed by atoms with Gasteiger partial charge in [0, 0.05) is 47.0 Å². The summed E-state index contributed by atoms with van der Waals surface area (Å²) in [6, 6.07) is 17.9. The maximum atomic E-state index is 10.6. The van der Waals surface area contributed by atoms with Gasteiger partial charge in [-0.25, -0.2) is 0 Å². The van der Waals surface area contributed by atoms with Crippen LogP contribution < -0.4 is 0 Å². The van der Waals surface area contributed by atoms with Gasteiger partial charge >= 0.3 is 0 Å². The Balaban J connectivity index is 2.18. The van der Waals surface area contributed by atoms with Crippen molar-refractivity contribution in [3.63, 3.8) is 0 Å². The Morgan fingerprint density at radius 1 is 0.550 bits per heavy atom. The van der Waals surface area contributed by atoms with Gasteiger partial charge in [0.2, 0.25) is 16.7 Å². The van der Waals surface area contributed by atoms with Gasteiger partial charge in [0.25, 0.3) is 0 Å². The molecule has 2 heterocycles. The van der Waals surface area contributed by atoms with Crippen molar-refractivity contribution in [2.24, 2.45) is 0 Å². The Hall–Kier alpha value is -7.00. The molecule has 1 radical (unpaired) electrons. The molecular formula is C28H9N12. The van der Waals surface area contributed by atoms with Crippen molar-refractivity contribution >= 4 is 33.5 Å². The Morgan fingerprint density at radius 2 is 0.950 bits per heavy atom. The lowest BCUT2D eigenvalue weighted by Gasteiger charge is -2.33. The van der Waals surface area contributed by atoms with E-state index in [-0.39, 0.29) is 55.8 Å². The fourth-order valence-electron chi connectivity index (χ4n) is 4.45. The van der Waals surface area contributed by atoms with Crippen LogP contribution in [-0.4, -0.2) is 25.8 Å². The monoisotopic (exact) mass is 513 g/mol. The maximum Gasteiger partial charge on any atom is 0.206 e. The lowest BCUT2D eigenvalue weighted by atomic mass is 9.59. The summed E-state index contributed by atoms with van der Waals surface area (Å²) >= 11 is 0. The molecule has 2 aromatic carbocycles. The summed E-state index contributed by atoms with van der Waals surface area (Å²) in [5.41, 5.74) is -5.47. The largest absolute Gasteiger partial charge is 0.258 e. The molecule has 4 aromatic rings. The van der Waals surface area contributed by atoms with Crippen LogP contribution in [0.5, 0.6) is 0 Å². The number of nitriles is 7. The molecule has 0 unspecified atom stereocenters. The summed E-state index contributed by atoms with van der Waals surface area (Å²) in [4.78, 5) is 16.9. The number of allylic oxidation sites excluding steroid dienone is 1. The van der Waals surface area contributed by atoms with E-state index in [0.29, 0.717) is 0 Å². The molecule has 0 spiro atoms. The van der Waals surface area contributed by atoms with Crippen molar-refractivity contribution in [2.45, 2.75) is 10.8 Å². The van der Waals surface area contributed by atoms with Crippen molar-refractivity contribution in [1.29, 1.82) is 42.2 Å². The van der Waals surface area contributed by atoms with Crippen molar-refractivity contribution in [3.8, 4) is 42.5 Å². The summed E-state index contributed by atoms with van der Waals surface area (Å²) in [5, 5.41) is 78.0. The molecule has 0 saturated heterocycles. The molecule has 12 heteroatoms. The van der Waals surface area contributed by atoms with Gasteiger partial charge in [-0.15, -0.1) is 0 Å². The lowest BCUT2D eigenvalue weighted by molar-refractivity contribution is 0.529. The first-order chi connectivity index (χ1) is 19.5. The molecular weight excluding hydrogens is 504 g/mol. The predicted octanol–water partition coefficient (Wildman–Crippen LogP) is 2.97. The van der Waals surface area contributed by atoms with Crippen LogP contribution in [0.3, 0.4) is 0 Å². The minimum Gasteiger partial charge on any atom is -0.258 e. The summed E-state index contributed by atoms with van der Waals surface area (Å²) in [6.07, 6.45) is 5.12. The van der Waals surface area contributed by atoms with Gasteiger partial charge in [-0.1, -0.05) is 24.3 Å². The van der Waals surface area contributed by atoms with Crippen molar-refractivity contribution in [2.75, 3.05) is 0 Å². The highest BCUT2D eigenvalue weighted by Gasteiger charge is 2.59. The van der Waals surface area contributed by atoms with Crippen molar-refractivity contribution in [1.82, 2.24) is 19.9 Å². The second-order valence-electron chi connectivity index (χ2n) is 7.99. The van der Waals surface area contributed by atoms with Crippen LogP contribution in [0.25, 0.3) is 27.6 Å². The van der Waals surface area contributed by atoms with E-state index in [4.69, 9.17) is 5.41 Å². The van der Waals surface area contributed by atoms with Crippen LogP contribution in [0.15, 0.2) is 49.1 Å². The van der Waals surface area contributed by atoms with Crippen LogP contribution in [0, 0.1) is 90.6 Å². The summed E-state index contributed by atoms with van der Waals surface area (Å²) in [5.74, 6) is 1.71. The van der Waals surface area contributed by atoms with E-state index in [0.717, 1.165) is 0 Å². The predicted molar refractivity (Wildman–Crippen MR) is 135 cm³/mol. The molecule has 0 aliphatic rings. The van der Waals surface area contributed by atoms with Gasteiger partial charge in [-0.2, -0.15) is 36.8 Å². The highest BCUT2D eigenvalue weighted by atomic mass is 14.8. The molecule has 40 heavy (non-hydrogen) atoms. The van der Waals surface area contributed by atoms with Crippen molar-refractivity contribution in [3.05, 3.63) is 77.2 Å². The van der Waals surface area contributed by atoms with E-state index in [1.807, 2.05) is 36.2 Å². The van der Waals surface area contributed by atoms with Crippen LogP contribution >= 0.6 is 0 Å². The second kappa shape index (κ2) is 10.2. The molecule has 1 N–H and O–H groups in total. The Morgan fingerprint density at radius 3 is 1.32 bits per heavy atom. The number of fused-ring (bicyclic) bond motifs is 2. The molecule has 0 atom stereocenters. The van der Waals surface area contributed by atoms with Crippen LogP contribution in [0.4, 0.5) is 0 Å². The van der Waals surface area contributed by atoms with E-state index in [1.54, 1.807) is 12.1 Å². The zero-order chi connectivity index (χ0) is 28.9. The molecule has 0 bridgehead atoms. The lowest BCUT2D eigenvalue weighted by Crippen LogP contribution is -2.46. The zero-order valence-electron chi connectivity index (χ0n) is 20.0. The fourth-order valence-corrected chi connectivity index (χ4v) is 4.45. The second-order valence-corrected chi connectivity index (χ2v) is 7.99. The maximum absolute atomic E-state index is 10.6. The number of nitrogens with zero attached hydrogens (tertiary/aromatic N) is 11. The van der Waals surface area contributed by atoms with Crippen LogP contribution in [0.2, 0.25) is 0 Å². The first kappa shape index (κ1) is 26.1. The normalized spacial score (nSPS) is 10.6. The van der Waals surface area contributed by atoms with E-state index < -0.39 is 10.8 Å². The first-order valence-electron chi connectivity index (χ1n) is 11.0. The molecule has 0 amide bonds. The summed E-state index contributed by atoms with van der Waals surface area (Å²) < 4.78 is 0. The number of rotatable bonds is 5. The number of hydrogen-bond donors (Lipinski definition) is 1. The number of benzene rings is 2. The molecule has 0 fully saturated rings. The molecule has 0 aliphatic heterocycles. The molecule has 12 nitrogen and oxygen atoms in total. The van der Waals surface area contributed by atoms with Gasteiger partial charge in [0.15, 0.2) is 0 Å². The first-order valence-corrected chi connectivity index (χ1v) is 11.0. The molecule has 181 valence electrons. The third kappa shape index (κ3) is 3.44. The van der Waals surface area contributed by atoms with Gasteiger partial charge in [0.05, 0.1) is 58.5 Å². The molecule has 2 aromatic heterocycles. The standard InChI is InChI=1S/C28H9N12/c29-9-17(10-30)19-1-3-21(25-23(19)37-5-7-39-25)27(13-33,14-34)28(15-35,16-36)22-4-2-20(18(11-31)12-32)24-26(22)40-8-6-38-24/h1-8,29H. The quantitative estimate of drug-likeness (QED) is 0.300. The summed E-state index contributed by atoms with van der Waals surface area (Å²) in [6.45, 7) is 0. The van der Waals surface area contributed by atoms with E-state index >= 15 is 0 Å². The van der Waals surface area contributed by atoms with E-state index in [2.05, 4.69) is 19.9 Å². The van der Waals surface area contributed by atoms with Crippen LogP contribution in [-0.2, 0) is 10.8 Å². The van der Waals surface area contributed by atoms with Gasteiger partial charge in [-0.05, 0) is 5.87 Å². The minimum atomic E-state index is -2.55. The third-order valence-corrected chi connectivity index (χ3v) is 6.29. The third-order valence-electron chi connectivity index (χ3n) is 6.29. The van der Waals surface area contributed by atoms with E-state index in [1.165, 1.54) is 49.1 Å². The average molecular weight is 513 g/mol. The minimum absolute atomic E-state index is 0.00698. The highest BCUT2D eigenvalue weighted by molar-refractivity contribution is 6.04.